The molecule has 1 aliphatic carbocycles. The molecule has 4 heteroatoms. The van der Waals surface area contributed by atoms with E-state index >= 15 is 0 Å². The number of rotatable bonds is 4. The second-order valence-corrected chi connectivity index (χ2v) is 7.63. The molecule has 1 fully saturated rings. The predicted molar refractivity (Wildman–Crippen MR) is 88.5 cm³/mol. The van der Waals surface area contributed by atoms with E-state index in [0.717, 1.165) is 12.8 Å². The standard InChI is InChI=1S/C18H33NO3/c1-14(16(20)22-5)13-19(17(21)18(2,3)4)15-11-9-7-6-8-10-12-15/h14-15H,6-13H2,1-5H3. The molecule has 1 atom stereocenters. The fourth-order valence-corrected chi connectivity index (χ4v) is 3.15. The maximum Gasteiger partial charge on any atom is 0.310 e. The van der Waals surface area contributed by atoms with Gasteiger partial charge in [0.1, 0.15) is 0 Å². The molecule has 1 saturated carbocycles. The second-order valence-electron chi connectivity index (χ2n) is 7.63. The largest absolute Gasteiger partial charge is 0.469 e. The first kappa shape index (κ1) is 19.0. The van der Waals surface area contributed by atoms with Crippen LogP contribution in [-0.4, -0.2) is 36.5 Å². The predicted octanol–water partition coefficient (Wildman–Crippen LogP) is 3.78. The van der Waals surface area contributed by atoms with Crippen molar-refractivity contribution in [1.29, 1.82) is 0 Å². The van der Waals surface area contributed by atoms with E-state index in [0.29, 0.717) is 6.54 Å². The van der Waals surface area contributed by atoms with E-state index in [1.807, 2.05) is 32.6 Å². The number of nitrogens with zero attached hydrogens (tertiary/aromatic N) is 1. The summed E-state index contributed by atoms with van der Waals surface area (Å²) in [5, 5.41) is 0. The molecule has 0 saturated heterocycles. The molecular weight excluding hydrogens is 278 g/mol. The Morgan fingerprint density at radius 2 is 1.59 bits per heavy atom. The van der Waals surface area contributed by atoms with E-state index in [9.17, 15) is 9.59 Å². The van der Waals surface area contributed by atoms with E-state index < -0.39 is 5.41 Å². The molecule has 128 valence electrons. The minimum absolute atomic E-state index is 0.147. The summed E-state index contributed by atoms with van der Waals surface area (Å²) in [6.45, 7) is 8.17. The quantitative estimate of drug-likeness (QED) is 0.742. The molecule has 1 unspecified atom stereocenters. The first-order chi connectivity index (χ1) is 10.3. The maximum atomic E-state index is 12.9. The Morgan fingerprint density at radius 1 is 1.09 bits per heavy atom. The molecule has 0 bridgehead atoms. The monoisotopic (exact) mass is 311 g/mol. The zero-order valence-corrected chi connectivity index (χ0v) is 15.0. The van der Waals surface area contributed by atoms with Gasteiger partial charge in [-0.1, -0.05) is 59.8 Å². The molecule has 22 heavy (non-hydrogen) atoms. The van der Waals surface area contributed by atoms with Crippen LogP contribution in [0.4, 0.5) is 0 Å². The lowest BCUT2D eigenvalue weighted by molar-refractivity contribution is -0.149. The SMILES string of the molecule is COC(=O)C(C)CN(C(=O)C(C)(C)C)C1CCCCCCC1. The fourth-order valence-electron chi connectivity index (χ4n) is 3.15. The number of hydrogen-bond donors (Lipinski definition) is 0. The summed E-state index contributed by atoms with van der Waals surface area (Å²) in [4.78, 5) is 26.6. The van der Waals surface area contributed by atoms with Gasteiger partial charge in [0.25, 0.3) is 0 Å². The summed E-state index contributed by atoms with van der Waals surface area (Å²) in [5.74, 6) is -0.367. The molecule has 0 heterocycles. The summed E-state index contributed by atoms with van der Waals surface area (Å²) >= 11 is 0. The molecule has 0 radical (unpaired) electrons. The average molecular weight is 311 g/mol. The van der Waals surface area contributed by atoms with Crippen molar-refractivity contribution in [3.63, 3.8) is 0 Å². The van der Waals surface area contributed by atoms with Gasteiger partial charge in [0, 0.05) is 18.0 Å². The molecule has 0 N–H and O–H groups in total. The van der Waals surface area contributed by atoms with E-state index in [-0.39, 0.29) is 23.8 Å². The van der Waals surface area contributed by atoms with E-state index in [1.54, 1.807) is 0 Å². The highest BCUT2D eigenvalue weighted by Gasteiger charge is 2.34. The Hall–Kier alpha value is -1.06. The van der Waals surface area contributed by atoms with Crippen molar-refractivity contribution in [3.8, 4) is 0 Å². The minimum atomic E-state index is -0.418. The third-order valence-electron chi connectivity index (χ3n) is 4.49. The summed E-state index contributed by atoms with van der Waals surface area (Å²) in [5.41, 5.74) is -0.418. The molecule has 0 aromatic carbocycles. The van der Waals surface area contributed by atoms with Crippen LogP contribution in [0, 0.1) is 11.3 Å². The first-order valence-corrected chi connectivity index (χ1v) is 8.66. The average Bonchev–Trinajstić information content (AvgIpc) is 2.42. The highest BCUT2D eigenvalue weighted by Crippen LogP contribution is 2.27. The highest BCUT2D eigenvalue weighted by atomic mass is 16.5. The number of carbonyl (C=O) groups excluding carboxylic acids is 2. The summed E-state index contributed by atoms with van der Waals surface area (Å²) < 4.78 is 4.83. The third-order valence-corrected chi connectivity index (χ3v) is 4.49. The first-order valence-electron chi connectivity index (χ1n) is 8.66. The Morgan fingerprint density at radius 3 is 2.05 bits per heavy atom. The number of carbonyl (C=O) groups is 2. The van der Waals surface area contributed by atoms with Crippen molar-refractivity contribution in [1.82, 2.24) is 4.90 Å². The molecule has 1 aliphatic rings. The lowest BCUT2D eigenvalue weighted by Gasteiger charge is -2.38. The van der Waals surface area contributed by atoms with Crippen LogP contribution in [-0.2, 0) is 14.3 Å². The topological polar surface area (TPSA) is 46.6 Å². The van der Waals surface area contributed by atoms with Crippen molar-refractivity contribution in [3.05, 3.63) is 0 Å². The fraction of sp³-hybridized carbons (Fsp3) is 0.889. The Balaban J connectivity index is 2.88. The summed E-state index contributed by atoms with van der Waals surface area (Å²) in [6.07, 6.45) is 8.25. The molecule has 1 amide bonds. The molecule has 4 nitrogen and oxygen atoms in total. The smallest absolute Gasteiger partial charge is 0.310 e. The van der Waals surface area contributed by atoms with Gasteiger partial charge >= 0.3 is 5.97 Å². The van der Waals surface area contributed by atoms with Crippen LogP contribution < -0.4 is 0 Å². The van der Waals surface area contributed by atoms with Crippen molar-refractivity contribution in [2.45, 2.75) is 78.7 Å². The maximum absolute atomic E-state index is 12.9. The number of hydrogen-bond acceptors (Lipinski definition) is 3. The Kier molecular flexibility index (Phi) is 7.37. The summed E-state index contributed by atoms with van der Waals surface area (Å²) in [6, 6.07) is 0.263. The molecular formula is C18H33NO3. The van der Waals surface area contributed by atoms with Gasteiger partial charge in [0.2, 0.25) is 5.91 Å². The van der Waals surface area contributed by atoms with Crippen LogP contribution in [0.5, 0.6) is 0 Å². The van der Waals surface area contributed by atoms with Crippen LogP contribution in [0.25, 0.3) is 0 Å². The Bertz CT molecular complexity index is 365. The van der Waals surface area contributed by atoms with Gasteiger partial charge < -0.3 is 9.64 Å². The Labute approximate surface area is 135 Å². The van der Waals surface area contributed by atoms with Crippen molar-refractivity contribution in [2.24, 2.45) is 11.3 Å². The minimum Gasteiger partial charge on any atom is -0.469 e. The zero-order chi connectivity index (χ0) is 16.8. The van der Waals surface area contributed by atoms with Gasteiger partial charge in [0.15, 0.2) is 0 Å². The molecule has 0 aromatic heterocycles. The third kappa shape index (κ3) is 5.62. The van der Waals surface area contributed by atoms with Gasteiger partial charge in [-0.3, -0.25) is 9.59 Å². The zero-order valence-electron chi connectivity index (χ0n) is 15.0. The van der Waals surface area contributed by atoms with Gasteiger partial charge in [0.05, 0.1) is 13.0 Å². The van der Waals surface area contributed by atoms with Crippen molar-refractivity contribution >= 4 is 11.9 Å². The van der Waals surface area contributed by atoms with E-state index in [1.165, 1.54) is 39.2 Å². The van der Waals surface area contributed by atoms with Gasteiger partial charge in [-0.05, 0) is 12.8 Å². The number of ether oxygens (including phenoxy) is 1. The van der Waals surface area contributed by atoms with Crippen LogP contribution >= 0.6 is 0 Å². The van der Waals surface area contributed by atoms with Crippen LogP contribution in [0.15, 0.2) is 0 Å². The normalized spacial score (nSPS) is 19.0. The van der Waals surface area contributed by atoms with E-state index in [4.69, 9.17) is 4.74 Å². The van der Waals surface area contributed by atoms with Gasteiger partial charge in [-0.25, -0.2) is 0 Å². The number of esters is 1. The second kappa shape index (κ2) is 8.54. The van der Waals surface area contributed by atoms with Crippen LogP contribution in [0.3, 0.4) is 0 Å². The van der Waals surface area contributed by atoms with Crippen LogP contribution in [0.1, 0.15) is 72.6 Å². The number of amides is 1. The van der Waals surface area contributed by atoms with E-state index in [2.05, 4.69) is 0 Å². The lowest BCUT2D eigenvalue weighted by atomic mass is 9.90. The number of methoxy groups -OCH3 is 1. The van der Waals surface area contributed by atoms with Gasteiger partial charge in [-0.15, -0.1) is 0 Å². The van der Waals surface area contributed by atoms with Crippen molar-refractivity contribution < 1.29 is 14.3 Å². The lowest BCUT2D eigenvalue weighted by Crippen LogP contribution is -2.49. The van der Waals surface area contributed by atoms with Gasteiger partial charge in [-0.2, -0.15) is 0 Å². The highest BCUT2D eigenvalue weighted by molar-refractivity contribution is 5.82. The molecule has 1 rings (SSSR count). The van der Waals surface area contributed by atoms with Crippen molar-refractivity contribution in [2.75, 3.05) is 13.7 Å². The molecule has 0 aliphatic heterocycles. The molecule has 0 spiro atoms. The summed E-state index contributed by atoms with van der Waals surface area (Å²) in [7, 11) is 1.41. The molecule has 0 aromatic rings. The van der Waals surface area contributed by atoms with Crippen LogP contribution in [0.2, 0.25) is 0 Å².